The summed E-state index contributed by atoms with van der Waals surface area (Å²) in [7, 11) is 0. The molecular weight excluding hydrogens is 242 g/mol. The zero-order chi connectivity index (χ0) is 13.2. The molecule has 0 aliphatic carbocycles. The third kappa shape index (κ3) is 2.29. The van der Waals surface area contributed by atoms with Gasteiger partial charge in [-0.05, 0) is 11.6 Å². The van der Waals surface area contributed by atoms with Crippen molar-refractivity contribution in [2.75, 3.05) is 12.3 Å². The lowest BCUT2D eigenvalue weighted by molar-refractivity contribution is -0.132. The van der Waals surface area contributed by atoms with Gasteiger partial charge in [-0.3, -0.25) is 4.79 Å². The highest BCUT2D eigenvalue weighted by atomic mass is 16.2. The number of anilines is 1. The molecule has 2 heterocycles. The SMILES string of the molecule is Nc1ccccc1CC(=O)N1CCn2cnnc2C1. The number of hydrogen-bond donors (Lipinski definition) is 1. The van der Waals surface area contributed by atoms with E-state index in [0.29, 0.717) is 25.2 Å². The van der Waals surface area contributed by atoms with Crippen molar-refractivity contribution in [2.24, 2.45) is 0 Å². The fraction of sp³-hybridized carbons (Fsp3) is 0.308. The van der Waals surface area contributed by atoms with Crippen LogP contribution < -0.4 is 5.73 Å². The van der Waals surface area contributed by atoms with Crippen LogP contribution in [0.1, 0.15) is 11.4 Å². The van der Waals surface area contributed by atoms with Gasteiger partial charge < -0.3 is 15.2 Å². The van der Waals surface area contributed by atoms with Crippen LogP contribution in [0.4, 0.5) is 5.69 Å². The summed E-state index contributed by atoms with van der Waals surface area (Å²) in [6.45, 7) is 1.96. The second-order valence-electron chi connectivity index (χ2n) is 4.63. The summed E-state index contributed by atoms with van der Waals surface area (Å²) in [6.07, 6.45) is 2.03. The minimum atomic E-state index is 0.0761. The van der Waals surface area contributed by atoms with Crippen molar-refractivity contribution in [3.05, 3.63) is 42.0 Å². The van der Waals surface area contributed by atoms with Crippen LogP contribution in [-0.4, -0.2) is 32.1 Å². The van der Waals surface area contributed by atoms with Gasteiger partial charge in [-0.1, -0.05) is 18.2 Å². The standard InChI is InChI=1S/C13H15N5O/c14-11-4-2-1-3-10(11)7-13(19)17-5-6-18-9-15-16-12(18)8-17/h1-4,9H,5-8,14H2. The average molecular weight is 257 g/mol. The van der Waals surface area contributed by atoms with Crippen LogP contribution in [0.3, 0.4) is 0 Å². The van der Waals surface area contributed by atoms with E-state index in [1.54, 1.807) is 11.2 Å². The predicted octanol–water partition coefficient (Wildman–Crippen LogP) is 0.445. The Morgan fingerprint density at radius 3 is 3.00 bits per heavy atom. The summed E-state index contributed by atoms with van der Waals surface area (Å²) in [5, 5.41) is 7.86. The molecular formula is C13H15N5O. The minimum absolute atomic E-state index is 0.0761. The molecule has 1 aliphatic heterocycles. The Morgan fingerprint density at radius 1 is 1.32 bits per heavy atom. The van der Waals surface area contributed by atoms with Gasteiger partial charge in [0.05, 0.1) is 13.0 Å². The number of nitrogen functional groups attached to an aromatic ring is 1. The van der Waals surface area contributed by atoms with Crippen molar-refractivity contribution in [1.29, 1.82) is 0 Å². The summed E-state index contributed by atoms with van der Waals surface area (Å²) >= 11 is 0. The van der Waals surface area contributed by atoms with Crippen LogP contribution in [0.2, 0.25) is 0 Å². The van der Waals surface area contributed by atoms with Crippen LogP contribution in [0.25, 0.3) is 0 Å². The summed E-state index contributed by atoms with van der Waals surface area (Å²) in [5.74, 6) is 0.910. The molecule has 1 aliphatic rings. The summed E-state index contributed by atoms with van der Waals surface area (Å²) < 4.78 is 1.97. The van der Waals surface area contributed by atoms with E-state index < -0.39 is 0 Å². The van der Waals surface area contributed by atoms with E-state index in [9.17, 15) is 4.79 Å². The van der Waals surface area contributed by atoms with Crippen LogP contribution in [0.5, 0.6) is 0 Å². The lowest BCUT2D eigenvalue weighted by atomic mass is 10.1. The lowest BCUT2D eigenvalue weighted by Crippen LogP contribution is -2.39. The molecule has 1 amide bonds. The number of amides is 1. The number of carbonyl (C=O) groups is 1. The molecule has 0 radical (unpaired) electrons. The van der Waals surface area contributed by atoms with Crippen LogP contribution in [-0.2, 0) is 24.3 Å². The zero-order valence-corrected chi connectivity index (χ0v) is 10.5. The molecule has 0 atom stereocenters. The maximum Gasteiger partial charge on any atom is 0.227 e. The number of nitrogens with two attached hydrogens (primary N) is 1. The molecule has 1 aromatic heterocycles. The van der Waals surface area contributed by atoms with Gasteiger partial charge in [-0.2, -0.15) is 0 Å². The highest BCUT2D eigenvalue weighted by Gasteiger charge is 2.22. The molecule has 0 unspecified atom stereocenters. The Hall–Kier alpha value is -2.37. The van der Waals surface area contributed by atoms with Gasteiger partial charge in [0, 0.05) is 18.8 Å². The van der Waals surface area contributed by atoms with E-state index in [0.717, 1.165) is 17.9 Å². The van der Waals surface area contributed by atoms with E-state index >= 15 is 0 Å². The molecule has 0 fully saturated rings. The quantitative estimate of drug-likeness (QED) is 0.792. The first-order valence-electron chi connectivity index (χ1n) is 6.22. The Balaban J connectivity index is 1.71. The van der Waals surface area contributed by atoms with Gasteiger partial charge in [0.15, 0.2) is 5.82 Å². The first-order valence-corrected chi connectivity index (χ1v) is 6.22. The van der Waals surface area contributed by atoms with Crippen LogP contribution in [0.15, 0.2) is 30.6 Å². The van der Waals surface area contributed by atoms with E-state index in [2.05, 4.69) is 10.2 Å². The molecule has 0 bridgehead atoms. The Kier molecular flexibility index (Phi) is 2.91. The first-order chi connectivity index (χ1) is 9.24. The molecule has 19 heavy (non-hydrogen) atoms. The van der Waals surface area contributed by atoms with Gasteiger partial charge in [0.25, 0.3) is 0 Å². The van der Waals surface area contributed by atoms with Gasteiger partial charge in [-0.25, -0.2) is 0 Å². The monoisotopic (exact) mass is 257 g/mol. The number of nitrogens with zero attached hydrogens (tertiary/aromatic N) is 4. The fourth-order valence-corrected chi connectivity index (χ4v) is 2.25. The third-order valence-electron chi connectivity index (χ3n) is 3.39. The van der Waals surface area contributed by atoms with E-state index in [-0.39, 0.29) is 5.91 Å². The van der Waals surface area contributed by atoms with E-state index in [1.165, 1.54) is 0 Å². The largest absolute Gasteiger partial charge is 0.398 e. The van der Waals surface area contributed by atoms with Crippen molar-refractivity contribution in [3.8, 4) is 0 Å². The van der Waals surface area contributed by atoms with Crippen molar-refractivity contribution in [3.63, 3.8) is 0 Å². The van der Waals surface area contributed by atoms with E-state index in [4.69, 9.17) is 5.73 Å². The van der Waals surface area contributed by atoms with Crippen molar-refractivity contribution in [1.82, 2.24) is 19.7 Å². The number of para-hydroxylation sites is 1. The van der Waals surface area contributed by atoms with Crippen molar-refractivity contribution < 1.29 is 4.79 Å². The predicted molar refractivity (Wildman–Crippen MR) is 70.0 cm³/mol. The fourth-order valence-electron chi connectivity index (χ4n) is 2.25. The minimum Gasteiger partial charge on any atom is -0.398 e. The van der Waals surface area contributed by atoms with E-state index in [1.807, 2.05) is 28.8 Å². The number of carbonyl (C=O) groups excluding carboxylic acids is 1. The Labute approximate surface area is 110 Å². The lowest BCUT2D eigenvalue weighted by Gasteiger charge is -2.27. The van der Waals surface area contributed by atoms with Gasteiger partial charge >= 0.3 is 0 Å². The van der Waals surface area contributed by atoms with Gasteiger partial charge in [0.1, 0.15) is 6.33 Å². The molecule has 2 aromatic rings. The number of aromatic nitrogens is 3. The van der Waals surface area contributed by atoms with Crippen LogP contribution in [0, 0.1) is 0 Å². The van der Waals surface area contributed by atoms with Gasteiger partial charge in [0.2, 0.25) is 5.91 Å². The topological polar surface area (TPSA) is 77.0 Å². The third-order valence-corrected chi connectivity index (χ3v) is 3.39. The number of rotatable bonds is 2. The van der Waals surface area contributed by atoms with Gasteiger partial charge in [-0.15, -0.1) is 10.2 Å². The highest BCUT2D eigenvalue weighted by Crippen LogP contribution is 2.15. The molecule has 3 rings (SSSR count). The maximum absolute atomic E-state index is 12.3. The normalized spacial score (nSPS) is 14.2. The second kappa shape index (κ2) is 4.72. The molecule has 0 spiro atoms. The Morgan fingerprint density at radius 2 is 2.16 bits per heavy atom. The summed E-state index contributed by atoms with van der Waals surface area (Å²) in [5.41, 5.74) is 7.40. The Bertz CT molecular complexity index is 607. The molecule has 0 saturated heterocycles. The molecule has 0 saturated carbocycles. The molecule has 6 heteroatoms. The number of benzene rings is 1. The molecule has 2 N–H and O–H groups in total. The second-order valence-corrected chi connectivity index (χ2v) is 4.63. The van der Waals surface area contributed by atoms with Crippen molar-refractivity contribution in [2.45, 2.75) is 19.5 Å². The average Bonchev–Trinajstić information content (AvgIpc) is 2.88. The van der Waals surface area contributed by atoms with Crippen LogP contribution >= 0.6 is 0 Å². The molecule has 98 valence electrons. The zero-order valence-electron chi connectivity index (χ0n) is 10.5. The summed E-state index contributed by atoms with van der Waals surface area (Å²) in [6, 6.07) is 7.47. The summed E-state index contributed by atoms with van der Waals surface area (Å²) in [4.78, 5) is 14.1. The smallest absolute Gasteiger partial charge is 0.227 e. The first kappa shape index (κ1) is 11.7. The van der Waals surface area contributed by atoms with Crippen molar-refractivity contribution >= 4 is 11.6 Å². The number of fused-ring (bicyclic) bond motifs is 1. The number of hydrogen-bond acceptors (Lipinski definition) is 4. The molecule has 1 aromatic carbocycles. The maximum atomic E-state index is 12.3. The highest BCUT2D eigenvalue weighted by molar-refractivity contribution is 5.80. The molecule has 6 nitrogen and oxygen atoms in total.